The minimum absolute atomic E-state index is 0.624. The summed E-state index contributed by atoms with van der Waals surface area (Å²) in [5.74, 6) is 2.13. The van der Waals surface area contributed by atoms with Crippen LogP contribution in [0.25, 0.3) is 11.3 Å². The highest BCUT2D eigenvalue weighted by Crippen LogP contribution is 2.39. The van der Waals surface area contributed by atoms with Gasteiger partial charge in [0.05, 0.1) is 14.2 Å². The van der Waals surface area contributed by atoms with E-state index < -0.39 is 0 Å². The van der Waals surface area contributed by atoms with E-state index in [1.165, 1.54) is 19.2 Å². The zero-order valence-corrected chi connectivity index (χ0v) is 11.7. The van der Waals surface area contributed by atoms with Gasteiger partial charge in [-0.2, -0.15) is 0 Å². The number of aromatic nitrogens is 1. The Morgan fingerprint density at radius 1 is 1.25 bits per heavy atom. The summed E-state index contributed by atoms with van der Waals surface area (Å²) in [6.45, 7) is 0.692. The fourth-order valence-corrected chi connectivity index (χ4v) is 2.20. The molecule has 20 heavy (non-hydrogen) atoms. The van der Waals surface area contributed by atoms with Crippen LogP contribution in [-0.2, 0) is 6.54 Å². The van der Waals surface area contributed by atoms with E-state index in [1.54, 1.807) is 14.2 Å². The Morgan fingerprint density at radius 3 is 2.55 bits per heavy atom. The van der Waals surface area contributed by atoms with Gasteiger partial charge in [-0.1, -0.05) is 6.07 Å². The molecule has 1 N–H and O–H groups in total. The van der Waals surface area contributed by atoms with Crippen LogP contribution in [-0.4, -0.2) is 25.2 Å². The fraction of sp³-hybridized carbons (Fsp3) is 0.400. The summed E-state index contributed by atoms with van der Waals surface area (Å²) in [6.07, 6.45) is 3.95. The molecular formula is C15H18N2O3. The monoisotopic (exact) mass is 274 g/mol. The van der Waals surface area contributed by atoms with Crippen molar-refractivity contribution in [3.8, 4) is 22.8 Å². The van der Waals surface area contributed by atoms with Crippen molar-refractivity contribution in [1.82, 2.24) is 10.3 Å². The molecule has 0 unspecified atom stereocenters. The molecule has 1 heterocycles. The van der Waals surface area contributed by atoms with Gasteiger partial charge in [0.1, 0.15) is 22.8 Å². The number of benzene rings is 1. The largest absolute Gasteiger partial charge is 0.496 e. The molecule has 1 aromatic heterocycles. The standard InChI is InChI=1S/C15H18N2O3/c1-18-12-4-3-5-13(19-2)14(12)15-11(17-9-20-15)8-16-10-6-7-10/h3-5,9-10,16H,6-8H2,1-2H3. The van der Waals surface area contributed by atoms with Crippen LogP contribution in [0, 0.1) is 0 Å². The lowest BCUT2D eigenvalue weighted by atomic mass is 10.1. The molecule has 0 aliphatic heterocycles. The molecule has 1 aliphatic rings. The Bertz CT molecular complexity index is 568. The summed E-state index contributed by atoms with van der Waals surface area (Å²) >= 11 is 0. The Kier molecular flexibility index (Phi) is 3.60. The number of ether oxygens (including phenoxy) is 2. The van der Waals surface area contributed by atoms with Crippen LogP contribution in [0.3, 0.4) is 0 Å². The molecule has 0 radical (unpaired) electrons. The molecule has 1 saturated carbocycles. The summed E-state index contributed by atoms with van der Waals surface area (Å²) < 4.78 is 16.4. The van der Waals surface area contributed by atoms with Gasteiger partial charge in [0.25, 0.3) is 0 Å². The van der Waals surface area contributed by atoms with E-state index in [1.807, 2.05) is 18.2 Å². The van der Waals surface area contributed by atoms with Gasteiger partial charge in [0.2, 0.25) is 0 Å². The van der Waals surface area contributed by atoms with Gasteiger partial charge < -0.3 is 19.2 Å². The van der Waals surface area contributed by atoms with Gasteiger partial charge in [0.15, 0.2) is 12.2 Å². The molecule has 1 fully saturated rings. The molecule has 0 atom stereocenters. The highest BCUT2D eigenvalue weighted by Gasteiger charge is 2.24. The van der Waals surface area contributed by atoms with Gasteiger partial charge in [-0.25, -0.2) is 4.98 Å². The van der Waals surface area contributed by atoms with E-state index in [4.69, 9.17) is 13.9 Å². The molecule has 0 amide bonds. The third-order valence-corrected chi connectivity index (χ3v) is 3.43. The number of nitrogens with one attached hydrogen (secondary N) is 1. The van der Waals surface area contributed by atoms with Crippen LogP contribution in [0.5, 0.6) is 11.5 Å². The van der Waals surface area contributed by atoms with Gasteiger partial charge in [0, 0.05) is 12.6 Å². The lowest BCUT2D eigenvalue weighted by molar-refractivity contribution is 0.394. The van der Waals surface area contributed by atoms with Crippen molar-refractivity contribution >= 4 is 0 Å². The van der Waals surface area contributed by atoms with Crippen LogP contribution >= 0.6 is 0 Å². The Hall–Kier alpha value is -2.01. The van der Waals surface area contributed by atoms with Gasteiger partial charge in [-0.3, -0.25) is 0 Å². The summed E-state index contributed by atoms with van der Waals surface area (Å²) in [7, 11) is 3.27. The first kappa shape index (κ1) is 13.0. The zero-order chi connectivity index (χ0) is 13.9. The number of hydrogen-bond donors (Lipinski definition) is 1. The summed E-state index contributed by atoms with van der Waals surface area (Å²) in [4.78, 5) is 4.30. The van der Waals surface area contributed by atoms with Crippen LogP contribution in [0.4, 0.5) is 0 Å². The molecule has 0 bridgehead atoms. The van der Waals surface area contributed by atoms with Crippen LogP contribution < -0.4 is 14.8 Å². The number of oxazole rings is 1. The normalized spacial score (nSPS) is 14.3. The topological polar surface area (TPSA) is 56.5 Å². The second kappa shape index (κ2) is 5.54. The van der Waals surface area contributed by atoms with Crippen molar-refractivity contribution < 1.29 is 13.9 Å². The van der Waals surface area contributed by atoms with Crippen LogP contribution in [0.2, 0.25) is 0 Å². The van der Waals surface area contributed by atoms with Crippen molar-refractivity contribution in [1.29, 1.82) is 0 Å². The highest BCUT2D eigenvalue weighted by atomic mass is 16.5. The van der Waals surface area contributed by atoms with E-state index in [-0.39, 0.29) is 0 Å². The molecule has 0 saturated heterocycles. The SMILES string of the molecule is COc1cccc(OC)c1-c1ocnc1CNC1CC1. The van der Waals surface area contributed by atoms with Gasteiger partial charge in [-0.05, 0) is 25.0 Å². The fourth-order valence-electron chi connectivity index (χ4n) is 2.20. The van der Waals surface area contributed by atoms with Crippen LogP contribution in [0.15, 0.2) is 29.0 Å². The third-order valence-electron chi connectivity index (χ3n) is 3.43. The average Bonchev–Trinajstić information content (AvgIpc) is 3.21. The molecule has 3 rings (SSSR count). The second-order valence-corrected chi connectivity index (χ2v) is 4.82. The summed E-state index contributed by atoms with van der Waals surface area (Å²) in [6, 6.07) is 6.29. The molecular weight excluding hydrogens is 256 g/mol. The van der Waals surface area contributed by atoms with Crippen molar-refractivity contribution in [3.05, 3.63) is 30.3 Å². The number of methoxy groups -OCH3 is 2. The first-order valence-corrected chi connectivity index (χ1v) is 6.70. The maximum atomic E-state index is 5.58. The number of nitrogens with zero attached hydrogens (tertiary/aromatic N) is 1. The smallest absolute Gasteiger partial charge is 0.181 e. The first-order chi connectivity index (χ1) is 9.83. The van der Waals surface area contributed by atoms with Gasteiger partial charge >= 0.3 is 0 Å². The molecule has 0 spiro atoms. The molecule has 5 nitrogen and oxygen atoms in total. The molecule has 1 aliphatic carbocycles. The van der Waals surface area contributed by atoms with E-state index in [2.05, 4.69) is 10.3 Å². The van der Waals surface area contributed by atoms with Crippen molar-refractivity contribution in [2.75, 3.05) is 14.2 Å². The Morgan fingerprint density at radius 2 is 1.95 bits per heavy atom. The molecule has 2 aromatic rings. The minimum atomic E-state index is 0.624. The molecule has 1 aromatic carbocycles. The molecule has 106 valence electrons. The van der Waals surface area contributed by atoms with E-state index in [0.29, 0.717) is 29.8 Å². The van der Waals surface area contributed by atoms with Crippen molar-refractivity contribution in [2.24, 2.45) is 0 Å². The zero-order valence-electron chi connectivity index (χ0n) is 11.7. The summed E-state index contributed by atoms with van der Waals surface area (Å²) in [5, 5.41) is 3.44. The van der Waals surface area contributed by atoms with Gasteiger partial charge in [-0.15, -0.1) is 0 Å². The Balaban J connectivity index is 1.97. The predicted molar refractivity (Wildman–Crippen MR) is 74.9 cm³/mol. The van der Waals surface area contributed by atoms with E-state index in [9.17, 15) is 0 Å². The average molecular weight is 274 g/mol. The maximum absolute atomic E-state index is 5.58. The predicted octanol–water partition coefficient (Wildman–Crippen LogP) is 2.61. The minimum Gasteiger partial charge on any atom is -0.496 e. The third kappa shape index (κ3) is 2.49. The summed E-state index contributed by atoms with van der Waals surface area (Å²) in [5.41, 5.74) is 1.68. The Labute approximate surface area is 117 Å². The quantitative estimate of drug-likeness (QED) is 0.877. The lowest BCUT2D eigenvalue weighted by Gasteiger charge is -2.12. The number of hydrogen-bond acceptors (Lipinski definition) is 5. The first-order valence-electron chi connectivity index (χ1n) is 6.70. The van der Waals surface area contributed by atoms with E-state index in [0.717, 1.165) is 11.3 Å². The second-order valence-electron chi connectivity index (χ2n) is 4.82. The highest BCUT2D eigenvalue weighted by molar-refractivity contribution is 5.74. The molecule has 5 heteroatoms. The van der Waals surface area contributed by atoms with Crippen molar-refractivity contribution in [2.45, 2.75) is 25.4 Å². The maximum Gasteiger partial charge on any atom is 0.181 e. The number of rotatable bonds is 6. The van der Waals surface area contributed by atoms with Crippen molar-refractivity contribution in [3.63, 3.8) is 0 Å². The van der Waals surface area contributed by atoms with Crippen LogP contribution in [0.1, 0.15) is 18.5 Å². The lowest BCUT2D eigenvalue weighted by Crippen LogP contribution is -2.16. The van der Waals surface area contributed by atoms with E-state index >= 15 is 0 Å².